The number of rotatable bonds is 7. The Balaban J connectivity index is 2.16. The summed E-state index contributed by atoms with van der Waals surface area (Å²) in [6.45, 7) is 3.76. The van der Waals surface area contributed by atoms with Gasteiger partial charge in [-0.25, -0.2) is 0 Å². The molecule has 0 saturated carbocycles. The van der Waals surface area contributed by atoms with Gasteiger partial charge in [0.05, 0.1) is 12.4 Å². The van der Waals surface area contributed by atoms with Crippen LogP contribution in [0.3, 0.4) is 0 Å². The normalized spacial score (nSPS) is 11.7. The maximum atomic E-state index is 12.6. The molecule has 0 bridgehead atoms. The van der Waals surface area contributed by atoms with Gasteiger partial charge in [0.15, 0.2) is 5.78 Å². The van der Waals surface area contributed by atoms with Crippen LogP contribution in [0.15, 0.2) is 72.1 Å². The lowest BCUT2D eigenvalue weighted by Crippen LogP contribution is -2.16. The molecule has 2 aromatic rings. The van der Waals surface area contributed by atoms with E-state index in [1.54, 1.807) is 24.9 Å². The Morgan fingerprint density at radius 1 is 1.19 bits per heavy atom. The molecule has 0 radical (unpaired) electrons. The highest BCUT2D eigenvalue weighted by Gasteiger charge is 2.20. The van der Waals surface area contributed by atoms with E-state index in [0.717, 1.165) is 10.6 Å². The Hall–Kier alpha value is -2.00. The maximum Gasteiger partial charge on any atom is 0.176 e. The fraction of sp³-hybridized carbons (Fsp3) is 0.167. The number of hydrogen-bond donors (Lipinski definition) is 0. The molecular weight excluding hydrogens is 280 g/mol. The number of ether oxygens (including phenoxy) is 1. The highest BCUT2D eigenvalue weighted by molar-refractivity contribution is 8.00. The van der Waals surface area contributed by atoms with Crippen molar-refractivity contribution in [1.82, 2.24) is 0 Å². The first kappa shape index (κ1) is 15.4. The van der Waals surface area contributed by atoms with Gasteiger partial charge in [-0.1, -0.05) is 24.3 Å². The molecule has 3 heteroatoms. The van der Waals surface area contributed by atoms with Crippen molar-refractivity contribution < 1.29 is 9.53 Å². The van der Waals surface area contributed by atoms with Gasteiger partial charge in [-0.15, -0.1) is 18.3 Å². The van der Waals surface area contributed by atoms with Crippen LogP contribution in [0.4, 0.5) is 0 Å². The summed E-state index contributed by atoms with van der Waals surface area (Å²) in [4.78, 5) is 13.7. The van der Waals surface area contributed by atoms with E-state index in [4.69, 9.17) is 4.74 Å². The van der Waals surface area contributed by atoms with E-state index in [1.165, 1.54) is 0 Å². The summed E-state index contributed by atoms with van der Waals surface area (Å²) in [5.74, 6) is 0.869. The average Bonchev–Trinajstić information content (AvgIpc) is 2.55. The molecule has 108 valence electrons. The second-order valence-corrected chi connectivity index (χ2v) is 5.81. The third kappa shape index (κ3) is 4.23. The van der Waals surface area contributed by atoms with Crippen LogP contribution in [-0.2, 0) is 0 Å². The van der Waals surface area contributed by atoms with Crippen molar-refractivity contribution in [3.8, 4) is 5.75 Å². The van der Waals surface area contributed by atoms with Crippen molar-refractivity contribution in [2.24, 2.45) is 0 Å². The van der Waals surface area contributed by atoms with Crippen LogP contribution in [0.25, 0.3) is 0 Å². The standard InChI is InChI=1S/C18H18O2S/c1-3-7-17(21-16-8-5-4-6-9-16)18(19)14-10-12-15(20-2)13-11-14/h3-6,8-13,17H,1,7H2,2H3. The Kier molecular flexibility index (Phi) is 5.64. The molecule has 1 atom stereocenters. The average molecular weight is 298 g/mol. The summed E-state index contributed by atoms with van der Waals surface area (Å²) in [6.07, 6.45) is 2.44. The molecule has 2 nitrogen and oxygen atoms in total. The van der Waals surface area contributed by atoms with Crippen molar-refractivity contribution in [1.29, 1.82) is 0 Å². The molecule has 0 aliphatic rings. The quantitative estimate of drug-likeness (QED) is 0.424. The Morgan fingerprint density at radius 2 is 1.86 bits per heavy atom. The van der Waals surface area contributed by atoms with Gasteiger partial charge in [-0.2, -0.15) is 0 Å². The molecule has 0 saturated heterocycles. The second-order valence-electron chi connectivity index (χ2n) is 4.54. The van der Waals surface area contributed by atoms with E-state index < -0.39 is 0 Å². The van der Waals surface area contributed by atoms with E-state index in [9.17, 15) is 4.79 Å². The lowest BCUT2D eigenvalue weighted by molar-refractivity contribution is 0.0990. The summed E-state index contributed by atoms with van der Waals surface area (Å²) >= 11 is 1.57. The number of hydrogen-bond acceptors (Lipinski definition) is 3. The topological polar surface area (TPSA) is 26.3 Å². The summed E-state index contributed by atoms with van der Waals surface area (Å²) in [7, 11) is 1.61. The van der Waals surface area contributed by atoms with Gasteiger partial charge in [0.1, 0.15) is 5.75 Å². The zero-order valence-corrected chi connectivity index (χ0v) is 12.8. The first-order chi connectivity index (χ1) is 10.2. The van der Waals surface area contributed by atoms with Gasteiger partial charge in [0.25, 0.3) is 0 Å². The van der Waals surface area contributed by atoms with E-state index in [2.05, 4.69) is 6.58 Å². The van der Waals surface area contributed by atoms with E-state index in [0.29, 0.717) is 12.0 Å². The summed E-state index contributed by atoms with van der Waals surface area (Å²) < 4.78 is 5.12. The van der Waals surface area contributed by atoms with Gasteiger partial charge in [0.2, 0.25) is 0 Å². The fourth-order valence-electron chi connectivity index (χ4n) is 1.96. The lowest BCUT2D eigenvalue weighted by atomic mass is 10.1. The second kappa shape index (κ2) is 7.70. The molecule has 1 unspecified atom stereocenters. The van der Waals surface area contributed by atoms with Gasteiger partial charge in [0, 0.05) is 10.5 Å². The third-order valence-electron chi connectivity index (χ3n) is 3.07. The number of allylic oxidation sites excluding steroid dienone is 1. The number of Topliss-reactive ketones (excluding diaryl/α,β-unsaturated/α-hetero) is 1. The van der Waals surface area contributed by atoms with Crippen LogP contribution < -0.4 is 4.74 Å². The predicted molar refractivity (Wildman–Crippen MR) is 88.2 cm³/mol. The van der Waals surface area contributed by atoms with Crippen LogP contribution in [0.2, 0.25) is 0 Å². The molecule has 0 amide bonds. The number of methoxy groups -OCH3 is 1. The van der Waals surface area contributed by atoms with Gasteiger partial charge in [-0.05, 0) is 42.8 Å². The van der Waals surface area contributed by atoms with Crippen LogP contribution in [-0.4, -0.2) is 18.1 Å². The van der Waals surface area contributed by atoms with Crippen molar-refractivity contribution in [2.75, 3.05) is 7.11 Å². The van der Waals surface area contributed by atoms with Crippen molar-refractivity contribution in [3.63, 3.8) is 0 Å². The van der Waals surface area contributed by atoms with Crippen LogP contribution in [0.1, 0.15) is 16.8 Å². The zero-order valence-electron chi connectivity index (χ0n) is 12.0. The molecule has 0 aromatic heterocycles. The molecule has 0 fully saturated rings. The minimum Gasteiger partial charge on any atom is -0.497 e. The fourth-order valence-corrected chi connectivity index (χ4v) is 3.08. The van der Waals surface area contributed by atoms with E-state index in [-0.39, 0.29) is 11.0 Å². The highest BCUT2D eigenvalue weighted by atomic mass is 32.2. The van der Waals surface area contributed by atoms with Crippen LogP contribution in [0.5, 0.6) is 5.75 Å². The minimum absolute atomic E-state index is 0.117. The van der Waals surface area contributed by atoms with Gasteiger partial charge < -0.3 is 4.74 Å². The van der Waals surface area contributed by atoms with E-state index >= 15 is 0 Å². The summed E-state index contributed by atoms with van der Waals surface area (Å²) in [5.41, 5.74) is 0.700. The largest absolute Gasteiger partial charge is 0.497 e. The number of benzene rings is 2. The number of carbonyl (C=O) groups is 1. The highest BCUT2D eigenvalue weighted by Crippen LogP contribution is 2.28. The van der Waals surface area contributed by atoms with Gasteiger partial charge >= 0.3 is 0 Å². The molecule has 0 spiro atoms. The summed E-state index contributed by atoms with van der Waals surface area (Å²) in [5, 5.41) is -0.154. The van der Waals surface area contributed by atoms with Crippen LogP contribution in [0, 0.1) is 0 Å². The molecule has 21 heavy (non-hydrogen) atoms. The van der Waals surface area contributed by atoms with E-state index in [1.807, 2.05) is 54.6 Å². The Morgan fingerprint density at radius 3 is 2.43 bits per heavy atom. The SMILES string of the molecule is C=CCC(Sc1ccccc1)C(=O)c1ccc(OC)cc1. The first-order valence-electron chi connectivity index (χ1n) is 6.75. The molecular formula is C18H18O2S. The minimum atomic E-state index is -0.154. The number of thioether (sulfide) groups is 1. The maximum absolute atomic E-state index is 12.6. The summed E-state index contributed by atoms with van der Waals surface area (Å²) in [6, 6.07) is 17.2. The number of ketones is 1. The Labute approximate surface area is 129 Å². The smallest absolute Gasteiger partial charge is 0.176 e. The molecule has 0 N–H and O–H groups in total. The molecule has 0 aliphatic heterocycles. The predicted octanol–water partition coefficient (Wildman–Crippen LogP) is 4.61. The molecule has 0 aliphatic carbocycles. The van der Waals surface area contributed by atoms with Crippen LogP contribution >= 0.6 is 11.8 Å². The monoisotopic (exact) mass is 298 g/mol. The lowest BCUT2D eigenvalue weighted by Gasteiger charge is -2.14. The molecule has 2 rings (SSSR count). The number of carbonyl (C=O) groups excluding carboxylic acids is 1. The van der Waals surface area contributed by atoms with Crippen molar-refractivity contribution in [3.05, 3.63) is 72.8 Å². The first-order valence-corrected chi connectivity index (χ1v) is 7.63. The van der Waals surface area contributed by atoms with Crippen molar-refractivity contribution in [2.45, 2.75) is 16.6 Å². The molecule has 2 aromatic carbocycles. The third-order valence-corrected chi connectivity index (χ3v) is 4.30. The Bertz CT molecular complexity index is 590. The molecule has 0 heterocycles. The van der Waals surface area contributed by atoms with Crippen molar-refractivity contribution >= 4 is 17.5 Å². The zero-order chi connectivity index (χ0) is 15.1. The van der Waals surface area contributed by atoms with Gasteiger partial charge in [-0.3, -0.25) is 4.79 Å².